The third kappa shape index (κ3) is 6.15. The first kappa shape index (κ1) is 27.3. The van der Waals surface area contributed by atoms with Gasteiger partial charge in [-0.3, -0.25) is 9.69 Å². The third-order valence-electron chi connectivity index (χ3n) is 7.58. The van der Waals surface area contributed by atoms with Crippen LogP contribution in [-0.2, 0) is 10.0 Å². The Balaban J connectivity index is 1.08. The molecule has 0 radical (unpaired) electrons. The maximum Gasteiger partial charge on any atom is 0.251 e. The minimum Gasteiger partial charge on any atom is -0.351 e. The number of carbonyl (C=O) groups excluding carboxylic acids is 1. The average Bonchev–Trinajstić information content (AvgIpc) is 3.36. The molecule has 2 aliphatic rings. The Morgan fingerprint density at radius 2 is 1.79 bits per heavy atom. The van der Waals surface area contributed by atoms with Gasteiger partial charge < -0.3 is 10.2 Å². The maximum atomic E-state index is 13.0. The minimum atomic E-state index is -3.57. The van der Waals surface area contributed by atoms with Crippen molar-refractivity contribution >= 4 is 54.2 Å². The first-order valence-corrected chi connectivity index (χ1v) is 15.8. The standard InChI is InChI=1S/C27H34ClN5O3S2/c1-31(22-5-3-2-4-6-22)38(35,36)23-10-7-20(8-11-23)26(34)29-13-14-32-15-17-33(18-16-32)27-30-24-12-9-21(28)19-25(24)37-27/h7-12,19,22H,2-6,13-18H2,1H3,(H,29,34). The van der Waals surface area contributed by atoms with Crippen molar-refractivity contribution in [3.8, 4) is 0 Å². The summed E-state index contributed by atoms with van der Waals surface area (Å²) in [6.45, 7) is 4.84. The highest BCUT2D eigenvalue weighted by atomic mass is 35.5. The maximum absolute atomic E-state index is 13.0. The Bertz CT molecular complexity index is 1370. The second-order valence-electron chi connectivity index (χ2n) is 10.0. The zero-order valence-corrected chi connectivity index (χ0v) is 24.0. The highest BCUT2D eigenvalue weighted by Crippen LogP contribution is 2.31. The second kappa shape index (κ2) is 11.9. The van der Waals surface area contributed by atoms with E-state index in [4.69, 9.17) is 16.6 Å². The molecule has 38 heavy (non-hydrogen) atoms. The highest BCUT2D eigenvalue weighted by Gasteiger charge is 2.29. The van der Waals surface area contributed by atoms with Crippen molar-refractivity contribution in [1.29, 1.82) is 0 Å². The van der Waals surface area contributed by atoms with Crippen LogP contribution in [0.5, 0.6) is 0 Å². The van der Waals surface area contributed by atoms with Crippen molar-refractivity contribution in [2.24, 2.45) is 0 Å². The number of sulfonamides is 1. The predicted molar refractivity (Wildman–Crippen MR) is 154 cm³/mol. The fourth-order valence-electron chi connectivity index (χ4n) is 5.20. The number of aromatic nitrogens is 1. The number of amides is 1. The van der Waals surface area contributed by atoms with Crippen LogP contribution in [0.25, 0.3) is 10.2 Å². The van der Waals surface area contributed by atoms with Crippen molar-refractivity contribution in [3.63, 3.8) is 0 Å². The molecule has 1 aliphatic heterocycles. The number of hydrogen-bond donors (Lipinski definition) is 1. The van der Waals surface area contributed by atoms with Gasteiger partial charge in [0.1, 0.15) is 0 Å². The zero-order valence-electron chi connectivity index (χ0n) is 21.6. The fourth-order valence-corrected chi connectivity index (χ4v) is 7.91. The summed E-state index contributed by atoms with van der Waals surface area (Å²) in [6, 6.07) is 12.1. The van der Waals surface area contributed by atoms with Crippen LogP contribution >= 0.6 is 22.9 Å². The lowest BCUT2D eigenvalue weighted by atomic mass is 9.96. The number of thiazole rings is 1. The number of anilines is 1. The molecule has 2 fully saturated rings. The minimum absolute atomic E-state index is 0.0545. The highest BCUT2D eigenvalue weighted by molar-refractivity contribution is 7.89. The van der Waals surface area contributed by atoms with Gasteiger partial charge in [-0.15, -0.1) is 0 Å². The van der Waals surface area contributed by atoms with E-state index in [2.05, 4.69) is 15.1 Å². The smallest absolute Gasteiger partial charge is 0.251 e. The van der Waals surface area contributed by atoms with E-state index in [0.717, 1.165) is 78.8 Å². The number of hydrogen-bond acceptors (Lipinski definition) is 7. The SMILES string of the molecule is CN(C1CCCCC1)S(=O)(=O)c1ccc(C(=O)NCCN2CCN(c3nc4ccc(Cl)cc4s3)CC2)cc1. The van der Waals surface area contributed by atoms with Crippen LogP contribution in [0.3, 0.4) is 0 Å². The zero-order chi connectivity index (χ0) is 26.7. The van der Waals surface area contributed by atoms with Gasteiger partial charge in [0.15, 0.2) is 5.13 Å². The Hall–Kier alpha value is -2.24. The molecule has 0 spiro atoms. The quantitative estimate of drug-likeness (QED) is 0.427. The van der Waals surface area contributed by atoms with E-state index < -0.39 is 10.0 Å². The van der Waals surface area contributed by atoms with Gasteiger partial charge in [0.25, 0.3) is 5.91 Å². The summed E-state index contributed by atoms with van der Waals surface area (Å²) >= 11 is 7.77. The number of fused-ring (bicyclic) bond motifs is 1. The molecule has 0 unspecified atom stereocenters. The van der Waals surface area contributed by atoms with E-state index in [1.807, 2.05) is 18.2 Å². The molecular formula is C27H34ClN5O3S2. The van der Waals surface area contributed by atoms with Gasteiger partial charge in [-0.25, -0.2) is 13.4 Å². The summed E-state index contributed by atoms with van der Waals surface area (Å²) in [5.41, 5.74) is 1.44. The molecule has 0 atom stereocenters. The van der Waals surface area contributed by atoms with E-state index in [1.165, 1.54) is 10.7 Å². The molecule has 3 aromatic rings. The molecule has 1 N–H and O–H groups in total. The number of halogens is 1. The lowest BCUT2D eigenvalue weighted by molar-refractivity contribution is 0.0947. The van der Waals surface area contributed by atoms with Gasteiger partial charge in [-0.2, -0.15) is 4.31 Å². The van der Waals surface area contributed by atoms with Crippen LogP contribution in [0.4, 0.5) is 5.13 Å². The molecule has 1 amide bonds. The largest absolute Gasteiger partial charge is 0.351 e. The lowest BCUT2D eigenvalue weighted by Crippen LogP contribution is -2.48. The van der Waals surface area contributed by atoms with Gasteiger partial charge in [-0.05, 0) is 55.3 Å². The summed E-state index contributed by atoms with van der Waals surface area (Å²) < 4.78 is 28.7. The third-order valence-corrected chi connectivity index (χ3v) is 10.8. The van der Waals surface area contributed by atoms with Crippen molar-refractivity contribution in [1.82, 2.24) is 19.5 Å². The van der Waals surface area contributed by atoms with E-state index in [0.29, 0.717) is 12.1 Å². The second-order valence-corrected chi connectivity index (χ2v) is 13.5. The van der Waals surface area contributed by atoms with Gasteiger partial charge in [0, 0.05) is 62.9 Å². The molecule has 1 aliphatic carbocycles. The van der Waals surface area contributed by atoms with Crippen LogP contribution in [0.2, 0.25) is 5.02 Å². The fraction of sp³-hybridized carbons (Fsp3) is 0.481. The number of nitrogens with zero attached hydrogens (tertiary/aromatic N) is 4. The van der Waals surface area contributed by atoms with Crippen LogP contribution in [0.15, 0.2) is 47.4 Å². The molecule has 11 heteroatoms. The number of carbonyl (C=O) groups is 1. The topological polar surface area (TPSA) is 85.8 Å². The van der Waals surface area contributed by atoms with E-state index in [-0.39, 0.29) is 16.8 Å². The molecule has 1 aromatic heterocycles. The summed E-state index contributed by atoms with van der Waals surface area (Å²) in [6.07, 6.45) is 5.12. The van der Waals surface area contributed by atoms with Crippen molar-refractivity contribution in [2.75, 3.05) is 51.2 Å². The van der Waals surface area contributed by atoms with Crippen molar-refractivity contribution in [2.45, 2.75) is 43.0 Å². The lowest BCUT2D eigenvalue weighted by Gasteiger charge is -2.34. The Labute approximate surface area is 233 Å². The number of rotatable bonds is 8. The van der Waals surface area contributed by atoms with Crippen molar-refractivity contribution in [3.05, 3.63) is 53.1 Å². The van der Waals surface area contributed by atoms with Crippen LogP contribution < -0.4 is 10.2 Å². The molecule has 1 saturated carbocycles. The summed E-state index contributed by atoms with van der Waals surface area (Å²) in [5, 5.41) is 4.71. The predicted octanol–water partition coefficient (Wildman–Crippen LogP) is 4.45. The summed E-state index contributed by atoms with van der Waals surface area (Å²) in [7, 11) is -1.90. The molecule has 5 rings (SSSR count). The number of benzene rings is 2. The molecule has 2 heterocycles. The molecule has 0 bridgehead atoms. The first-order chi connectivity index (χ1) is 18.3. The molecule has 2 aromatic carbocycles. The Kier molecular flexibility index (Phi) is 8.54. The molecule has 1 saturated heterocycles. The van der Waals surface area contributed by atoms with Crippen LogP contribution in [0.1, 0.15) is 42.5 Å². The summed E-state index contributed by atoms with van der Waals surface area (Å²) in [4.78, 5) is 22.3. The van der Waals surface area contributed by atoms with Crippen molar-refractivity contribution < 1.29 is 13.2 Å². The summed E-state index contributed by atoms with van der Waals surface area (Å²) in [5.74, 6) is -0.193. The van der Waals surface area contributed by atoms with E-state index in [9.17, 15) is 13.2 Å². The normalized spacial score (nSPS) is 17.8. The Morgan fingerprint density at radius 3 is 2.50 bits per heavy atom. The number of piperazine rings is 1. The van der Waals surface area contributed by atoms with Gasteiger partial charge in [0.2, 0.25) is 10.0 Å². The average molecular weight is 576 g/mol. The van der Waals surface area contributed by atoms with Gasteiger partial charge in [0.05, 0.1) is 15.1 Å². The van der Waals surface area contributed by atoms with Crippen LogP contribution in [-0.4, -0.2) is 80.9 Å². The molecular weight excluding hydrogens is 542 g/mol. The first-order valence-electron chi connectivity index (χ1n) is 13.2. The van der Waals surface area contributed by atoms with Gasteiger partial charge >= 0.3 is 0 Å². The monoisotopic (exact) mass is 575 g/mol. The van der Waals surface area contributed by atoms with Gasteiger partial charge in [-0.1, -0.05) is 42.2 Å². The molecule has 8 nitrogen and oxygen atoms in total. The molecule has 204 valence electrons. The van der Waals surface area contributed by atoms with E-state index >= 15 is 0 Å². The van der Waals surface area contributed by atoms with E-state index in [1.54, 1.807) is 42.6 Å². The number of nitrogens with one attached hydrogen (secondary N) is 1. The van der Waals surface area contributed by atoms with Crippen LogP contribution in [0, 0.1) is 0 Å². The Morgan fingerprint density at radius 1 is 1.08 bits per heavy atom.